The maximum absolute atomic E-state index is 12.0. The van der Waals surface area contributed by atoms with Crippen LogP contribution in [0.25, 0.3) is 0 Å². The van der Waals surface area contributed by atoms with Gasteiger partial charge in [0.25, 0.3) is 5.91 Å². The van der Waals surface area contributed by atoms with Gasteiger partial charge in [-0.15, -0.1) is 22.7 Å². The van der Waals surface area contributed by atoms with Crippen LogP contribution in [0.4, 0.5) is 5.69 Å². The van der Waals surface area contributed by atoms with Crippen molar-refractivity contribution in [1.82, 2.24) is 9.97 Å². The second kappa shape index (κ2) is 9.49. The number of nitrogens with zero attached hydrogens (tertiary/aromatic N) is 2. The minimum absolute atomic E-state index is 0.236. The molecule has 0 aliphatic heterocycles. The Morgan fingerprint density at radius 3 is 1.92 bits per heavy atom. The highest BCUT2D eigenvalue weighted by molar-refractivity contribution is 7.12. The van der Waals surface area contributed by atoms with Crippen LogP contribution in [0.2, 0.25) is 0 Å². The Morgan fingerprint density at radius 1 is 1.00 bits per heavy atom. The molecule has 136 valence electrons. The van der Waals surface area contributed by atoms with E-state index in [9.17, 15) is 9.59 Å². The average molecular weight is 393 g/mol. The van der Waals surface area contributed by atoms with E-state index in [4.69, 9.17) is 14.6 Å². The molecule has 26 heavy (non-hydrogen) atoms. The van der Waals surface area contributed by atoms with Crippen LogP contribution in [0, 0.1) is 0 Å². The fraction of sp³-hybridized carbons (Fsp3) is 0.125. The number of thiazole rings is 2. The summed E-state index contributed by atoms with van der Waals surface area (Å²) in [5.41, 5.74) is 3.61. The van der Waals surface area contributed by atoms with Gasteiger partial charge in [-0.2, -0.15) is 0 Å². The van der Waals surface area contributed by atoms with E-state index in [1.165, 1.54) is 43.5 Å². The zero-order valence-electron chi connectivity index (χ0n) is 13.8. The molecule has 0 bridgehead atoms. The van der Waals surface area contributed by atoms with Crippen LogP contribution in [-0.2, 0) is 0 Å². The van der Waals surface area contributed by atoms with Crippen molar-refractivity contribution in [3.05, 3.63) is 51.4 Å². The first-order valence-corrected chi connectivity index (χ1v) is 8.85. The number of aromatic carboxylic acids is 1. The zero-order valence-corrected chi connectivity index (χ0v) is 15.5. The van der Waals surface area contributed by atoms with Gasteiger partial charge in [0.1, 0.15) is 26.9 Å². The van der Waals surface area contributed by atoms with Crippen molar-refractivity contribution in [2.24, 2.45) is 0 Å². The Bertz CT molecular complexity index is 829. The summed E-state index contributed by atoms with van der Waals surface area (Å²) in [7, 11) is 3.08. The molecule has 0 fully saturated rings. The first-order valence-electron chi connectivity index (χ1n) is 7.09. The molecular formula is C16H15N3O5S2. The van der Waals surface area contributed by atoms with Crippen molar-refractivity contribution in [2.75, 3.05) is 19.5 Å². The summed E-state index contributed by atoms with van der Waals surface area (Å²) >= 11 is 2.39. The molecule has 3 rings (SSSR count). The molecule has 8 nitrogen and oxygen atoms in total. The Labute approximate surface area is 157 Å². The zero-order chi connectivity index (χ0) is 18.9. The van der Waals surface area contributed by atoms with Gasteiger partial charge in [-0.25, -0.2) is 4.79 Å². The van der Waals surface area contributed by atoms with Gasteiger partial charge in [0, 0.05) is 0 Å². The van der Waals surface area contributed by atoms with Crippen molar-refractivity contribution in [2.45, 2.75) is 0 Å². The number of hydrogen-bond acceptors (Lipinski definition) is 8. The average Bonchev–Trinajstić information content (AvgIpc) is 3.36. The van der Waals surface area contributed by atoms with Gasteiger partial charge in [-0.1, -0.05) is 6.07 Å². The van der Waals surface area contributed by atoms with E-state index < -0.39 is 5.97 Å². The first kappa shape index (κ1) is 19.3. The fourth-order valence-corrected chi connectivity index (χ4v) is 2.77. The number of ether oxygens (including phenoxy) is 2. The number of hydrogen-bond donors (Lipinski definition) is 2. The third kappa shape index (κ3) is 5.01. The Balaban J connectivity index is 0.000000254. The molecule has 10 heteroatoms. The lowest BCUT2D eigenvalue weighted by molar-refractivity contribution is 0.0701. The lowest BCUT2D eigenvalue weighted by atomic mass is 10.2. The van der Waals surface area contributed by atoms with Gasteiger partial charge >= 0.3 is 5.97 Å². The van der Waals surface area contributed by atoms with Crippen molar-refractivity contribution in [3.63, 3.8) is 0 Å². The largest absolute Gasteiger partial charge is 0.494 e. The third-order valence-corrected chi connectivity index (χ3v) is 4.50. The minimum atomic E-state index is -0.910. The lowest BCUT2D eigenvalue weighted by Crippen LogP contribution is -2.12. The molecule has 2 N–H and O–H groups in total. The normalized spacial score (nSPS) is 9.62. The van der Waals surface area contributed by atoms with Gasteiger partial charge in [0.05, 0.1) is 37.6 Å². The van der Waals surface area contributed by atoms with Gasteiger partial charge in [-0.05, 0) is 12.1 Å². The van der Waals surface area contributed by atoms with Crippen molar-refractivity contribution in [3.8, 4) is 11.5 Å². The molecule has 0 aliphatic rings. The number of carboxylic acid groups (broad SMARTS) is 1. The Kier molecular flexibility index (Phi) is 7.06. The van der Waals surface area contributed by atoms with Crippen LogP contribution < -0.4 is 14.8 Å². The topological polar surface area (TPSA) is 111 Å². The molecule has 0 saturated carbocycles. The SMILES string of the molecule is COc1cccc(OC)c1NC(=O)c1cncs1.O=C(O)c1cncs1. The number of rotatable bonds is 5. The summed E-state index contributed by atoms with van der Waals surface area (Å²) in [4.78, 5) is 30.3. The van der Waals surface area contributed by atoms with E-state index in [1.807, 2.05) is 0 Å². The first-order chi connectivity index (χ1) is 12.6. The van der Waals surface area contributed by atoms with Crippen LogP contribution in [0.1, 0.15) is 19.3 Å². The standard InChI is InChI=1S/C12H12N2O3S.C4H3NO2S/c1-16-8-4-3-5-9(17-2)11(8)14-12(15)10-6-13-7-18-10;6-4(7)3-1-5-2-8-3/h3-7H,1-2H3,(H,14,15);1-2H,(H,6,7). The van der Waals surface area contributed by atoms with E-state index >= 15 is 0 Å². The van der Waals surface area contributed by atoms with E-state index in [-0.39, 0.29) is 10.8 Å². The number of benzene rings is 1. The van der Waals surface area contributed by atoms with Gasteiger partial charge in [0.2, 0.25) is 0 Å². The van der Waals surface area contributed by atoms with Crippen molar-refractivity contribution < 1.29 is 24.2 Å². The number of aromatic nitrogens is 2. The molecule has 1 amide bonds. The smallest absolute Gasteiger partial charge is 0.347 e. The number of para-hydroxylation sites is 1. The minimum Gasteiger partial charge on any atom is -0.494 e. The summed E-state index contributed by atoms with van der Waals surface area (Å²) in [6.07, 6.45) is 2.84. The number of carbonyl (C=O) groups excluding carboxylic acids is 1. The molecule has 0 saturated heterocycles. The quantitative estimate of drug-likeness (QED) is 0.684. The summed E-state index contributed by atoms with van der Waals surface area (Å²) in [5, 5.41) is 11.0. The van der Waals surface area contributed by atoms with Gasteiger partial charge in [0.15, 0.2) is 0 Å². The summed E-state index contributed by atoms with van der Waals surface area (Å²) in [5.74, 6) is -0.0489. The predicted octanol–water partition coefficient (Wildman–Crippen LogP) is 3.25. The molecule has 0 spiro atoms. The van der Waals surface area contributed by atoms with Crippen molar-refractivity contribution >= 4 is 40.2 Å². The maximum atomic E-state index is 12.0. The summed E-state index contributed by atoms with van der Waals surface area (Å²) < 4.78 is 10.4. The molecule has 2 aromatic heterocycles. The Morgan fingerprint density at radius 2 is 1.54 bits per heavy atom. The maximum Gasteiger partial charge on any atom is 0.347 e. The van der Waals surface area contributed by atoms with E-state index in [1.54, 1.807) is 23.7 Å². The van der Waals surface area contributed by atoms with Crippen LogP contribution in [0.5, 0.6) is 11.5 Å². The van der Waals surface area contributed by atoms with Gasteiger partial charge < -0.3 is 19.9 Å². The summed E-state index contributed by atoms with van der Waals surface area (Å²) in [6.45, 7) is 0. The molecule has 0 unspecified atom stereocenters. The number of carboxylic acids is 1. The second-order valence-electron chi connectivity index (χ2n) is 4.53. The predicted molar refractivity (Wildman–Crippen MR) is 98.7 cm³/mol. The molecule has 2 heterocycles. The highest BCUT2D eigenvalue weighted by Crippen LogP contribution is 2.34. The van der Waals surface area contributed by atoms with Crippen LogP contribution in [0.15, 0.2) is 41.6 Å². The van der Waals surface area contributed by atoms with Crippen LogP contribution in [0.3, 0.4) is 0 Å². The van der Waals surface area contributed by atoms with Crippen LogP contribution in [-0.4, -0.2) is 41.2 Å². The number of anilines is 1. The highest BCUT2D eigenvalue weighted by Gasteiger charge is 2.15. The molecule has 0 radical (unpaired) electrons. The van der Waals surface area contributed by atoms with E-state index in [0.717, 1.165) is 11.3 Å². The second-order valence-corrected chi connectivity index (χ2v) is 6.30. The molecule has 0 atom stereocenters. The van der Waals surface area contributed by atoms with E-state index in [0.29, 0.717) is 22.1 Å². The number of amides is 1. The molecular weight excluding hydrogens is 378 g/mol. The molecule has 0 aliphatic carbocycles. The van der Waals surface area contributed by atoms with Gasteiger partial charge in [-0.3, -0.25) is 14.8 Å². The summed E-state index contributed by atoms with van der Waals surface area (Å²) in [6, 6.07) is 5.30. The number of carbonyl (C=O) groups is 2. The molecule has 1 aromatic carbocycles. The van der Waals surface area contributed by atoms with E-state index in [2.05, 4.69) is 15.3 Å². The number of nitrogens with one attached hydrogen (secondary N) is 1. The lowest BCUT2D eigenvalue weighted by Gasteiger charge is -2.13. The molecule has 3 aromatic rings. The fourth-order valence-electron chi connectivity index (χ4n) is 1.80. The highest BCUT2D eigenvalue weighted by atomic mass is 32.1. The monoisotopic (exact) mass is 393 g/mol. The van der Waals surface area contributed by atoms with Crippen molar-refractivity contribution in [1.29, 1.82) is 0 Å². The van der Waals surface area contributed by atoms with Crippen LogP contribution >= 0.6 is 22.7 Å². The third-order valence-electron chi connectivity index (χ3n) is 2.97. The Hall–Kier alpha value is -2.98. The number of methoxy groups -OCH3 is 2.